The molecule has 0 bridgehead atoms. The zero-order chi connectivity index (χ0) is 14.1. The number of rotatable bonds is 8. The fourth-order valence-corrected chi connectivity index (χ4v) is 1.77. The monoisotopic (exact) mass is 273 g/mol. The summed E-state index contributed by atoms with van der Waals surface area (Å²) in [5.74, 6) is -0.809. The van der Waals surface area contributed by atoms with Crippen LogP contribution in [0.5, 0.6) is 0 Å². The molecule has 0 aliphatic rings. The van der Waals surface area contributed by atoms with E-state index < -0.39 is 5.92 Å². The smallest absolute Gasteiger partial charge is 0.239 e. The third-order valence-electron chi connectivity index (χ3n) is 2.55. The maximum atomic E-state index is 12.1. The SMILES string of the molecule is CCCNC(=O)CN(C)C(=O)C(CCC)C(N)=S. The van der Waals surface area contributed by atoms with Gasteiger partial charge in [0.15, 0.2) is 0 Å². The van der Waals surface area contributed by atoms with Crippen molar-refractivity contribution < 1.29 is 9.59 Å². The van der Waals surface area contributed by atoms with Gasteiger partial charge in [-0.05, 0) is 12.8 Å². The van der Waals surface area contributed by atoms with Gasteiger partial charge in [0.25, 0.3) is 0 Å². The molecule has 5 nitrogen and oxygen atoms in total. The molecule has 0 fully saturated rings. The molecule has 0 aromatic carbocycles. The third-order valence-corrected chi connectivity index (χ3v) is 2.83. The van der Waals surface area contributed by atoms with Gasteiger partial charge in [-0.15, -0.1) is 0 Å². The topological polar surface area (TPSA) is 75.4 Å². The number of hydrogen-bond acceptors (Lipinski definition) is 3. The van der Waals surface area contributed by atoms with Gasteiger partial charge in [-0.1, -0.05) is 32.5 Å². The van der Waals surface area contributed by atoms with Crippen molar-refractivity contribution in [1.82, 2.24) is 10.2 Å². The Morgan fingerprint density at radius 3 is 2.39 bits per heavy atom. The predicted molar refractivity (Wildman–Crippen MR) is 76.1 cm³/mol. The Bertz CT molecular complexity index is 308. The van der Waals surface area contributed by atoms with E-state index in [2.05, 4.69) is 5.32 Å². The number of hydrogen-bond donors (Lipinski definition) is 2. The molecule has 0 spiro atoms. The van der Waals surface area contributed by atoms with E-state index in [-0.39, 0.29) is 23.3 Å². The first kappa shape index (κ1) is 16.8. The Hall–Kier alpha value is -1.17. The molecule has 0 saturated heterocycles. The van der Waals surface area contributed by atoms with E-state index in [0.29, 0.717) is 13.0 Å². The van der Waals surface area contributed by atoms with Gasteiger partial charge >= 0.3 is 0 Å². The number of carbonyl (C=O) groups is 2. The van der Waals surface area contributed by atoms with Crippen LogP contribution in [0.2, 0.25) is 0 Å². The van der Waals surface area contributed by atoms with Gasteiger partial charge in [0.05, 0.1) is 17.5 Å². The van der Waals surface area contributed by atoms with Crippen LogP contribution in [0.4, 0.5) is 0 Å². The van der Waals surface area contributed by atoms with Crippen LogP contribution in [0, 0.1) is 5.92 Å². The lowest BCUT2D eigenvalue weighted by Gasteiger charge is -2.22. The highest BCUT2D eigenvalue weighted by Crippen LogP contribution is 2.10. The number of nitrogens with one attached hydrogen (secondary N) is 1. The maximum absolute atomic E-state index is 12.1. The fraction of sp³-hybridized carbons (Fsp3) is 0.750. The van der Waals surface area contributed by atoms with Crippen molar-refractivity contribution in [3.8, 4) is 0 Å². The van der Waals surface area contributed by atoms with Crippen molar-refractivity contribution in [3.63, 3.8) is 0 Å². The molecule has 1 atom stereocenters. The normalized spacial score (nSPS) is 11.7. The van der Waals surface area contributed by atoms with Crippen LogP contribution in [0.15, 0.2) is 0 Å². The highest BCUT2D eigenvalue weighted by atomic mass is 32.1. The van der Waals surface area contributed by atoms with Crippen LogP contribution in [0.1, 0.15) is 33.1 Å². The molecule has 2 amide bonds. The Morgan fingerprint density at radius 2 is 1.94 bits per heavy atom. The summed E-state index contributed by atoms with van der Waals surface area (Å²) < 4.78 is 0. The lowest BCUT2D eigenvalue weighted by molar-refractivity contribution is -0.136. The molecule has 3 N–H and O–H groups in total. The summed E-state index contributed by atoms with van der Waals surface area (Å²) >= 11 is 4.89. The Balaban J connectivity index is 4.38. The predicted octanol–water partition coefficient (Wildman–Crippen LogP) is 0.673. The molecule has 0 radical (unpaired) electrons. The lowest BCUT2D eigenvalue weighted by Crippen LogP contribution is -2.44. The highest BCUT2D eigenvalue weighted by molar-refractivity contribution is 7.80. The largest absolute Gasteiger partial charge is 0.393 e. The van der Waals surface area contributed by atoms with E-state index in [0.717, 1.165) is 12.8 Å². The fourth-order valence-electron chi connectivity index (χ4n) is 1.56. The van der Waals surface area contributed by atoms with Gasteiger partial charge in [0.2, 0.25) is 11.8 Å². The average Bonchev–Trinajstić information content (AvgIpc) is 2.32. The molecule has 1 unspecified atom stereocenters. The summed E-state index contributed by atoms with van der Waals surface area (Å²) in [4.78, 5) is 25.1. The first-order valence-electron chi connectivity index (χ1n) is 6.25. The van der Waals surface area contributed by atoms with E-state index in [1.165, 1.54) is 4.90 Å². The number of thiocarbonyl (C=S) groups is 1. The second-order valence-corrected chi connectivity index (χ2v) is 4.76. The van der Waals surface area contributed by atoms with Gasteiger partial charge in [-0.25, -0.2) is 0 Å². The van der Waals surface area contributed by atoms with Crippen LogP contribution in [-0.4, -0.2) is 41.8 Å². The van der Waals surface area contributed by atoms with Gasteiger partial charge in [0.1, 0.15) is 0 Å². The van der Waals surface area contributed by atoms with Gasteiger partial charge in [-0.3, -0.25) is 9.59 Å². The Labute approximate surface area is 114 Å². The molecule has 0 heterocycles. The van der Waals surface area contributed by atoms with Crippen LogP contribution in [0.3, 0.4) is 0 Å². The second-order valence-electron chi connectivity index (χ2n) is 4.29. The first-order valence-corrected chi connectivity index (χ1v) is 6.65. The number of nitrogens with two attached hydrogens (primary N) is 1. The average molecular weight is 273 g/mol. The van der Waals surface area contributed by atoms with E-state index in [4.69, 9.17) is 18.0 Å². The molecular formula is C12H23N3O2S. The minimum absolute atomic E-state index is 0.0433. The number of carbonyl (C=O) groups excluding carboxylic acids is 2. The minimum atomic E-state index is -0.464. The first-order chi connectivity index (χ1) is 8.43. The van der Waals surface area contributed by atoms with E-state index >= 15 is 0 Å². The minimum Gasteiger partial charge on any atom is -0.393 e. The quantitative estimate of drug-likeness (QED) is 0.638. The summed E-state index contributed by atoms with van der Waals surface area (Å²) in [7, 11) is 1.59. The molecule has 0 aromatic heterocycles. The van der Waals surface area contributed by atoms with Crippen molar-refractivity contribution in [3.05, 3.63) is 0 Å². The molecule has 0 aromatic rings. The third kappa shape index (κ3) is 5.95. The molecular weight excluding hydrogens is 250 g/mol. The molecule has 0 aliphatic carbocycles. The molecule has 18 heavy (non-hydrogen) atoms. The number of likely N-dealkylation sites (N-methyl/N-ethyl adjacent to an activating group) is 1. The number of nitrogens with zero attached hydrogens (tertiary/aromatic N) is 1. The molecule has 0 saturated carbocycles. The number of amides is 2. The van der Waals surface area contributed by atoms with Crippen LogP contribution >= 0.6 is 12.2 Å². The Morgan fingerprint density at radius 1 is 1.33 bits per heavy atom. The summed E-state index contributed by atoms with van der Waals surface area (Å²) in [6.07, 6.45) is 2.31. The molecule has 0 rings (SSSR count). The van der Waals surface area contributed by atoms with E-state index in [1.54, 1.807) is 7.05 Å². The molecule has 6 heteroatoms. The highest BCUT2D eigenvalue weighted by Gasteiger charge is 2.24. The van der Waals surface area contributed by atoms with Crippen molar-refractivity contribution in [2.75, 3.05) is 20.1 Å². The maximum Gasteiger partial charge on any atom is 0.239 e. The van der Waals surface area contributed by atoms with E-state index in [1.807, 2.05) is 13.8 Å². The van der Waals surface area contributed by atoms with Crippen LogP contribution < -0.4 is 11.1 Å². The zero-order valence-electron chi connectivity index (χ0n) is 11.4. The molecule has 104 valence electrons. The summed E-state index contributed by atoms with van der Waals surface area (Å²) in [5, 5.41) is 2.72. The van der Waals surface area contributed by atoms with Crippen molar-refractivity contribution in [1.29, 1.82) is 0 Å². The van der Waals surface area contributed by atoms with Crippen LogP contribution in [0.25, 0.3) is 0 Å². The van der Waals surface area contributed by atoms with Gasteiger partial charge in [0, 0.05) is 13.6 Å². The second kappa shape index (κ2) is 8.85. The molecule has 0 aliphatic heterocycles. The standard InChI is InChI=1S/C12H23N3O2S/c1-4-6-9(11(13)18)12(17)15(3)8-10(16)14-7-5-2/h9H,4-8H2,1-3H3,(H2,13,18)(H,14,16). The lowest BCUT2D eigenvalue weighted by atomic mass is 10.0. The van der Waals surface area contributed by atoms with E-state index in [9.17, 15) is 9.59 Å². The summed E-state index contributed by atoms with van der Waals surface area (Å²) in [6.45, 7) is 4.60. The summed E-state index contributed by atoms with van der Waals surface area (Å²) in [6, 6.07) is 0. The van der Waals surface area contributed by atoms with Crippen molar-refractivity contribution >= 4 is 29.0 Å². The van der Waals surface area contributed by atoms with Gasteiger partial charge < -0.3 is 16.0 Å². The van der Waals surface area contributed by atoms with Crippen molar-refractivity contribution in [2.24, 2.45) is 11.7 Å². The zero-order valence-corrected chi connectivity index (χ0v) is 12.2. The summed E-state index contributed by atoms with van der Waals surface area (Å²) in [5.41, 5.74) is 5.56. The van der Waals surface area contributed by atoms with Crippen molar-refractivity contribution in [2.45, 2.75) is 33.1 Å². The Kier molecular flexibility index (Phi) is 8.28. The van der Waals surface area contributed by atoms with Crippen LogP contribution in [-0.2, 0) is 9.59 Å². The van der Waals surface area contributed by atoms with Gasteiger partial charge in [-0.2, -0.15) is 0 Å².